The average molecular weight is 410 g/mol. The van der Waals surface area contributed by atoms with Gasteiger partial charge in [-0.15, -0.1) is 0 Å². The Balaban J connectivity index is 2.35. The highest BCUT2D eigenvalue weighted by Crippen LogP contribution is 2.27. The summed E-state index contributed by atoms with van der Waals surface area (Å²) >= 11 is 7.93. The SMILES string of the molecule is CCNc1nc(Nc2ccc(Cl)cc2I)c(F)cc1F. The Kier molecular flexibility index (Phi) is 4.98. The monoisotopic (exact) mass is 409 g/mol. The molecule has 0 saturated heterocycles. The van der Waals surface area contributed by atoms with E-state index in [0.717, 1.165) is 9.64 Å². The van der Waals surface area contributed by atoms with Crippen molar-refractivity contribution >= 4 is 51.5 Å². The molecule has 2 N–H and O–H groups in total. The lowest BCUT2D eigenvalue weighted by Crippen LogP contribution is -2.06. The van der Waals surface area contributed by atoms with Gasteiger partial charge in [0.05, 0.1) is 5.69 Å². The van der Waals surface area contributed by atoms with E-state index in [4.69, 9.17) is 11.6 Å². The number of nitrogens with one attached hydrogen (secondary N) is 2. The molecule has 0 amide bonds. The first kappa shape index (κ1) is 15.2. The normalized spacial score (nSPS) is 10.4. The van der Waals surface area contributed by atoms with Crippen LogP contribution in [0, 0.1) is 15.2 Å². The topological polar surface area (TPSA) is 37.0 Å². The third-order valence-electron chi connectivity index (χ3n) is 2.46. The van der Waals surface area contributed by atoms with E-state index < -0.39 is 11.6 Å². The molecule has 0 unspecified atom stereocenters. The fraction of sp³-hybridized carbons (Fsp3) is 0.154. The summed E-state index contributed by atoms with van der Waals surface area (Å²) in [7, 11) is 0. The first-order valence-electron chi connectivity index (χ1n) is 5.83. The van der Waals surface area contributed by atoms with Crippen molar-refractivity contribution in [1.29, 1.82) is 0 Å². The Hall–Kier alpha value is -1.15. The Labute approximate surface area is 133 Å². The van der Waals surface area contributed by atoms with Crippen LogP contribution in [0.4, 0.5) is 26.1 Å². The van der Waals surface area contributed by atoms with Crippen molar-refractivity contribution in [3.8, 4) is 0 Å². The standard InChI is InChI=1S/C13H11ClF2IN3/c1-2-18-12-8(15)6-9(16)13(20-12)19-11-4-3-7(14)5-10(11)17/h3-6H,2H2,1H3,(H2,18,19,20). The average Bonchev–Trinajstić information content (AvgIpc) is 2.38. The van der Waals surface area contributed by atoms with Crippen LogP contribution in [-0.2, 0) is 0 Å². The van der Waals surface area contributed by atoms with Gasteiger partial charge in [-0.05, 0) is 47.7 Å². The lowest BCUT2D eigenvalue weighted by molar-refractivity contribution is 0.579. The highest BCUT2D eigenvalue weighted by Gasteiger charge is 2.12. The molecule has 1 heterocycles. The molecule has 0 bridgehead atoms. The number of rotatable bonds is 4. The van der Waals surface area contributed by atoms with Gasteiger partial charge < -0.3 is 10.6 Å². The van der Waals surface area contributed by atoms with Crippen LogP contribution in [0.1, 0.15) is 6.92 Å². The summed E-state index contributed by atoms with van der Waals surface area (Å²) in [6.07, 6.45) is 0. The molecule has 0 atom stereocenters. The van der Waals surface area contributed by atoms with E-state index in [-0.39, 0.29) is 11.6 Å². The van der Waals surface area contributed by atoms with Gasteiger partial charge in [-0.25, -0.2) is 13.8 Å². The molecule has 0 radical (unpaired) electrons. The molecule has 1 aromatic carbocycles. The van der Waals surface area contributed by atoms with E-state index >= 15 is 0 Å². The number of benzene rings is 1. The molecular formula is C13H11ClF2IN3. The Morgan fingerprint density at radius 2 is 1.90 bits per heavy atom. The van der Waals surface area contributed by atoms with Gasteiger partial charge in [-0.2, -0.15) is 0 Å². The lowest BCUT2D eigenvalue weighted by atomic mass is 10.3. The minimum atomic E-state index is -0.755. The van der Waals surface area contributed by atoms with Gasteiger partial charge in [0.2, 0.25) is 0 Å². The van der Waals surface area contributed by atoms with Gasteiger partial charge in [0.1, 0.15) is 0 Å². The maximum Gasteiger partial charge on any atom is 0.169 e. The molecule has 0 spiro atoms. The zero-order chi connectivity index (χ0) is 14.7. The Morgan fingerprint density at radius 1 is 1.20 bits per heavy atom. The van der Waals surface area contributed by atoms with E-state index in [1.165, 1.54) is 0 Å². The molecule has 0 saturated carbocycles. The second kappa shape index (κ2) is 6.53. The summed E-state index contributed by atoms with van der Waals surface area (Å²) in [6, 6.07) is 5.92. The molecule has 0 aliphatic carbocycles. The smallest absolute Gasteiger partial charge is 0.169 e. The number of aromatic nitrogens is 1. The maximum atomic E-state index is 13.7. The van der Waals surface area contributed by atoms with Crippen molar-refractivity contribution in [2.45, 2.75) is 6.92 Å². The molecule has 106 valence electrons. The molecule has 20 heavy (non-hydrogen) atoms. The van der Waals surface area contributed by atoms with Crippen molar-refractivity contribution in [2.24, 2.45) is 0 Å². The third kappa shape index (κ3) is 3.49. The van der Waals surface area contributed by atoms with Gasteiger partial charge in [0.25, 0.3) is 0 Å². The summed E-state index contributed by atoms with van der Waals surface area (Å²) in [4.78, 5) is 3.91. The molecule has 3 nitrogen and oxygen atoms in total. The fourth-order valence-electron chi connectivity index (χ4n) is 1.56. The molecule has 0 aliphatic heterocycles. The Morgan fingerprint density at radius 3 is 2.55 bits per heavy atom. The number of nitrogens with zero attached hydrogens (tertiary/aromatic N) is 1. The second-order valence-corrected chi connectivity index (χ2v) is 5.53. The number of anilines is 3. The first-order valence-corrected chi connectivity index (χ1v) is 7.29. The molecule has 1 aromatic heterocycles. The van der Waals surface area contributed by atoms with Crippen LogP contribution in [0.5, 0.6) is 0 Å². The van der Waals surface area contributed by atoms with Gasteiger partial charge in [-0.3, -0.25) is 0 Å². The van der Waals surface area contributed by atoms with Crippen LogP contribution < -0.4 is 10.6 Å². The van der Waals surface area contributed by atoms with Gasteiger partial charge in [0.15, 0.2) is 23.3 Å². The van der Waals surface area contributed by atoms with E-state index in [2.05, 4.69) is 38.2 Å². The number of hydrogen-bond donors (Lipinski definition) is 2. The molecule has 2 aromatic rings. The molecule has 2 rings (SSSR count). The summed E-state index contributed by atoms with van der Waals surface area (Å²) in [5.74, 6) is -1.50. The predicted molar refractivity (Wildman–Crippen MR) is 85.8 cm³/mol. The number of hydrogen-bond acceptors (Lipinski definition) is 3. The highest BCUT2D eigenvalue weighted by molar-refractivity contribution is 14.1. The van der Waals surface area contributed by atoms with E-state index in [1.54, 1.807) is 25.1 Å². The third-order valence-corrected chi connectivity index (χ3v) is 3.59. The van der Waals surface area contributed by atoms with Crippen molar-refractivity contribution in [1.82, 2.24) is 4.98 Å². The van der Waals surface area contributed by atoms with Crippen molar-refractivity contribution in [3.05, 3.63) is 44.5 Å². The molecule has 7 heteroatoms. The Bertz CT molecular complexity index is 637. The van der Waals surface area contributed by atoms with Crippen LogP contribution in [0.3, 0.4) is 0 Å². The van der Waals surface area contributed by atoms with Crippen molar-refractivity contribution in [2.75, 3.05) is 17.2 Å². The van der Waals surface area contributed by atoms with Crippen LogP contribution in [0.2, 0.25) is 5.02 Å². The van der Waals surface area contributed by atoms with Crippen molar-refractivity contribution < 1.29 is 8.78 Å². The number of pyridine rings is 1. The van der Waals surface area contributed by atoms with E-state index in [0.29, 0.717) is 17.3 Å². The molecular weight excluding hydrogens is 399 g/mol. The minimum Gasteiger partial charge on any atom is -0.368 e. The summed E-state index contributed by atoms with van der Waals surface area (Å²) in [6.45, 7) is 2.30. The fourth-order valence-corrected chi connectivity index (χ4v) is 2.57. The predicted octanol–water partition coefficient (Wildman–Crippen LogP) is 4.79. The van der Waals surface area contributed by atoms with Crippen molar-refractivity contribution in [3.63, 3.8) is 0 Å². The van der Waals surface area contributed by atoms with Gasteiger partial charge in [-0.1, -0.05) is 11.6 Å². The largest absolute Gasteiger partial charge is 0.368 e. The quantitative estimate of drug-likeness (QED) is 0.713. The van der Waals surface area contributed by atoms with Gasteiger partial charge >= 0.3 is 0 Å². The molecule has 0 fully saturated rings. The van der Waals surface area contributed by atoms with Gasteiger partial charge in [0, 0.05) is 21.2 Å². The van der Waals surface area contributed by atoms with E-state index in [1.807, 2.05) is 0 Å². The van der Waals surface area contributed by atoms with Crippen LogP contribution in [-0.4, -0.2) is 11.5 Å². The van der Waals surface area contributed by atoms with Crippen LogP contribution in [0.15, 0.2) is 24.3 Å². The zero-order valence-corrected chi connectivity index (χ0v) is 13.4. The molecule has 0 aliphatic rings. The lowest BCUT2D eigenvalue weighted by Gasteiger charge is -2.11. The number of halogens is 4. The summed E-state index contributed by atoms with van der Waals surface area (Å²) in [5, 5.41) is 6.16. The summed E-state index contributed by atoms with van der Waals surface area (Å²) in [5.41, 5.74) is 0.649. The van der Waals surface area contributed by atoms with Crippen LogP contribution in [0.25, 0.3) is 0 Å². The first-order chi connectivity index (χ1) is 9.51. The highest BCUT2D eigenvalue weighted by atomic mass is 127. The summed E-state index contributed by atoms with van der Waals surface area (Å²) < 4.78 is 28.0. The minimum absolute atomic E-state index is 0.0142. The zero-order valence-electron chi connectivity index (χ0n) is 10.5. The maximum absolute atomic E-state index is 13.7. The second-order valence-electron chi connectivity index (χ2n) is 3.93. The van der Waals surface area contributed by atoms with Crippen LogP contribution >= 0.6 is 34.2 Å². The van der Waals surface area contributed by atoms with E-state index in [9.17, 15) is 8.78 Å².